The van der Waals surface area contributed by atoms with E-state index in [4.69, 9.17) is 0 Å². The Morgan fingerprint density at radius 2 is 1.57 bits per heavy atom. The average Bonchev–Trinajstić information content (AvgIpc) is 2.84. The first-order valence-electron chi connectivity index (χ1n) is 12.3. The van der Waals surface area contributed by atoms with Crippen LogP contribution in [-0.2, 0) is 0 Å². The molecule has 0 radical (unpaired) electrons. The van der Waals surface area contributed by atoms with Gasteiger partial charge in [0.25, 0.3) is 5.91 Å². The minimum absolute atomic E-state index is 0.159. The summed E-state index contributed by atoms with van der Waals surface area (Å²) < 4.78 is 27.2. The van der Waals surface area contributed by atoms with Crippen LogP contribution in [0, 0.1) is 38.0 Å². The molecule has 6 nitrogen and oxygen atoms in total. The number of carbonyl (C=O) groups excluding carboxylic acids is 2. The van der Waals surface area contributed by atoms with Gasteiger partial charge in [0.15, 0.2) is 0 Å². The van der Waals surface area contributed by atoms with Crippen molar-refractivity contribution in [2.24, 2.45) is 5.92 Å². The highest BCUT2D eigenvalue weighted by atomic mass is 19.3. The number of amides is 3. The van der Waals surface area contributed by atoms with E-state index in [1.165, 1.54) is 0 Å². The van der Waals surface area contributed by atoms with Gasteiger partial charge in [-0.3, -0.25) is 4.79 Å². The molecule has 0 bridgehead atoms. The lowest BCUT2D eigenvalue weighted by molar-refractivity contribution is -0.0473. The monoisotopic (exact) mass is 504 g/mol. The zero-order valence-corrected chi connectivity index (χ0v) is 21.1. The van der Waals surface area contributed by atoms with Gasteiger partial charge in [-0.1, -0.05) is 42.0 Å². The maximum absolute atomic E-state index is 13.6. The third-order valence-corrected chi connectivity index (χ3v) is 6.95. The Morgan fingerprint density at radius 3 is 2.16 bits per heavy atom. The number of hydrogen-bond donors (Lipinski definition) is 3. The number of rotatable bonds is 5. The smallest absolute Gasteiger partial charge is 0.323 e. The standard InChI is InChI=1S/C29H30F2N4O2/c1-17-12-18(2)26(19(3)13-17)35-28(37)34-24-15-22-7-5-4-6-21(22)14-23(24)27(36)33-25(16-32)20-8-10-29(30,31)11-9-20/h4-7,12-15,20,25H,8-11H2,1-3H3,(H,33,36)(H2,34,35,37)/t25-/m1/s1. The van der Waals surface area contributed by atoms with Crippen LogP contribution in [0.25, 0.3) is 10.8 Å². The predicted molar refractivity (Wildman–Crippen MR) is 141 cm³/mol. The first kappa shape index (κ1) is 26.1. The fourth-order valence-corrected chi connectivity index (χ4v) is 5.05. The number of halogens is 2. The summed E-state index contributed by atoms with van der Waals surface area (Å²) in [4.78, 5) is 26.3. The van der Waals surface area contributed by atoms with Gasteiger partial charge in [0.1, 0.15) is 6.04 Å². The number of nitrogens with zero attached hydrogens (tertiary/aromatic N) is 1. The summed E-state index contributed by atoms with van der Waals surface area (Å²) >= 11 is 0. The Labute approximate surface area is 215 Å². The van der Waals surface area contributed by atoms with Crippen molar-refractivity contribution in [2.75, 3.05) is 10.6 Å². The van der Waals surface area contributed by atoms with Crippen LogP contribution in [0.3, 0.4) is 0 Å². The van der Waals surface area contributed by atoms with Gasteiger partial charge < -0.3 is 16.0 Å². The highest BCUT2D eigenvalue weighted by Crippen LogP contribution is 2.37. The molecule has 1 atom stereocenters. The lowest BCUT2D eigenvalue weighted by Crippen LogP contribution is -2.42. The van der Waals surface area contributed by atoms with Crippen LogP contribution >= 0.6 is 0 Å². The molecule has 8 heteroatoms. The summed E-state index contributed by atoms with van der Waals surface area (Å²) in [6, 6.07) is 15.4. The largest absolute Gasteiger partial charge is 0.336 e. The second-order valence-corrected chi connectivity index (χ2v) is 9.87. The molecule has 0 heterocycles. The predicted octanol–water partition coefficient (Wildman–Crippen LogP) is 6.86. The summed E-state index contributed by atoms with van der Waals surface area (Å²) in [5, 5.41) is 19.7. The maximum Gasteiger partial charge on any atom is 0.323 e. The highest BCUT2D eigenvalue weighted by molar-refractivity contribution is 6.10. The second kappa shape index (κ2) is 10.6. The molecular weight excluding hydrogens is 474 g/mol. The maximum atomic E-state index is 13.6. The van der Waals surface area contributed by atoms with E-state index >= 15 is 0 Å². The van der Waals surface area contributed by atoms with Crippen molar-refractivity contribution in [1.82, 2.24) is 5.32 Å². The molecule has 0 saturated heterocycles. The zero-order chi connectivity index (χ0) is 26.7. The van der Waals surface area contributed by atoms with Crippen LogP contribution in [-0.4, -0.2) is 23.9 Å². The summed E-state index contributed by atoms with van der Waals surface area (Å²) in [5.41, 5.74) is 4.07. The first-order chi connectivity index (χ1) is 17.6. The summed E-state index contributed by atoms with van der Waals surface area (Å²) in [7, 11) is 0. The highest BCUT2D eigenvalue weighted by Gasteiger charge is 2.38. The third kappa shape index (κ3) is 6.05. The molecule has 0 aliphatic heterocycles. The van der Waals surface area contributed by atoms with Gasteiger partial charge in [0.05, 0.1) is 17.3 Å². The normalized spacial score (nSPS) is 16.0. The van der Waals surface area contributed by atoms with Crippen molar-refractivity contribution < 1.29 is 18.4 Å². The molecule has 1 saturated carbocycles. The summed E-state index contributed by atoms with van der Waals surface area (Å²) in [6.45, 7) is 5.80. The van der Waals surface area contributed by atoms with Crippen LogP contribution in [0.5, 0.6) is 0 Å². The molecule has 1 aliphatic rings. The molecule has 1 fully saturated rings. The van der Waals surface area contributed by atoms with Crippen molar-refractivity contribution in [1.29, 1.82) is 5.26 Å². The van der Waals surface area contributed by atoms with Crippen molar-refractivity contribution in [3.63, 3.8) is 0 Å². The third-order valence-electron chi connectivity index (χ3n) is 6.95. The van der Waals surface area contributed by atoms with Gasteiger partial charge in [-0.25, -0.2) is 13.6 Å². The number of benzene rings is 3. The average molecular weight is 505 g/mol. The van der Waals surface area contributed by atoms with Gasteiger partial charge in [-0.05, 0) is 73.6 Å². The number of anilines is 2. The number of aryl methyl sites for hydroxylation is 3. The molecule has 0 unspecified atom stereocenters. The number of hydrogen-bond acceptors (Lipinski definition) is 3. The van der Waals surface area contributed by atoms with Crippen molar-refractivity contribution in [3.05, 3.63) is 70.8 Å². The SMILES string of the molecule is Cc1cc(C)c(NC(=O)Nc2cc3ccccc3cc2C(=O)N[C@H](C#N)C2CCC(F)(F)CC2)c(C)c1. The van der Waals surface area contributed by atoms with Crippen LogP contribution in [0.4, 0.5) is 25.0 Å². The minimum Gasteiger partial charge on any atom is -0.336 e. The number of urea groups is 1. The Hall–Kier alpha value is -3.99. The number of nitrogens with one attached hydrogen (secondary N) is 3. The molecule has 37 heavy (non-hydrogen) atoms. The molecule has 3 amide bonds. The molecule has 0 spiro atoms. The number of alkyl halides is 2. The molecule has 3 aromatic rings. The Balaban J connectivity index is 1.59. The zero-order valence-electron chi connectivity index (χ0n) is 21.1. The molecule has 1 aliphatic carbocycles. The lowest BCUT2D eigenvalue weighted by Gasteiger charge is -2.31. The van der Waals surface area contributed by atoms with Crippen molar-refractivity contribution in [2.45, 2.75) is 58.4 Å². The van der Waals surface area contributed by atoms with E-state index < -0.39 is 23.9 Å². The second-order valence-electron chi connectivity index (χ2n) is 9.87. The van der Waals surface area contributed by atoms with E-state index in [9.17, 15) is 23.6 Å². The van der Waals surface area contributed by atoms with E-state index in [1.807, 2.05) is 57.2 Å². The number of carbonyl (C=O) groups is 2. The Morgan fingerprint density at radius 1 is 0.973 bits per heavy atom. The van der Waals surface area contributed by atoms with Crippen LogP contribution < -0.4 is 16.0 Å². The van der Waals surface area contributed by atoms with Gasteiger partial charge in [0.2, 0.25) is 5.92 Å². The summed E-state index contributed by atoms with van der Waals surface area (Å²) in [6.07, 6.45) is -0.281. The van der Waals surface area contributed by atoms with Crippen LogP contribution in [0.15, 0.2) is 48.5 Å². The van der Waals surface area contributed by atoms with E-state index in [0.717, 1.165) is 27.5 Å². The van der Waals surface area contributed by atoms with Gasteiger partial charge in [-0.15, -0.1) is 0 Å². The van der Waals surface area contributed by atoms with Gasteiger partial charge in [-0.2, -0.15) is 5.26 Å². The Bertz CT molecular complexity index is 1360. The van der Waals surface area contributed by atoms with E-state index in [0.29, 0.717) is 5.69 Å². The molecule has 192 valence electrons. The van der Waals surface area contributed by atoms with E-state index in [2.05, 4.69) is 22.0 Å². The minimum atomic E-state index is -2.72. The molecule has 3 N–H and O–H groups in total. The van der Waals surface area contributed by atoms with Crippen LogP contribution in [0.2, 0.25) is 0 Å². The number of fused-ring (bicyclic) bond motifs is 1. The lowest BCUT2D eigenvalue weighted by atomic mass is 9.82. The fraction of sp³-hybridized carbons (Fsp3) is 0.345. The fourth-order valence-electron chi connectivity index (χ4n) is 5.05. The molecule has 4 rings (SSSR count). The molecule has 3 aromatic carbocycles. The first-order valence-corrected chi connectivity index (χ1v) is 12.3. The quantitative estimate of drug-likeness (QED) is 0.354. The molecule has 0 aromatic heterocycles. The van der Waals surface area contributed by atoms with E-state index in [1.54, 1.807) is 12.1 Å². The van der Waals surface area contributed by atoms with Gasteiger partial charge >= 0.3 is 6.03 Å². The van der Waals surface area contributed by atoms with E-state index in [-0.39, 0.29) is 42.9 Å². The van der Waals surface area contributed by atoms with Crippen molar-refractivity contribution >= 4 is 34.1 Å². The van der Waals surface area contributed by atoms with Gasteiger partial charge in [0, 0.05) is 18.5 Å². The Kier molecular flexibility index (Phi) is 7.44. The van der Waals surface area contributed by atoms with Crippen molar-refractivity contribution in [3.8, 4) is 6.07 Å². The topological polar surface area (TPSA) is 94.0 Å². The molecular formula is C29H30F2N4O2. The summed E-state index contributed by atoms with van der Waals surface area (Å²) in [5.74, 6) is -3.63. The van der Waals surface area contributed by atoms with Crippen LogP contribution in [0.1, 0.15) is 52.7 Å². The number of nitriles is 1.